The molecule has 1 saturated carbocycles. The molecule has 0 aromatic heterocycles. The highest BCUT2D eigenvalue weighted by molar-refractivity contribution is 5.03. The molecular formula is C14H26O. The number of hydrogen-bond donors (Lipinski definition) is 1. The standard InChI is InChI=1S/C14H26O/c1-10-5-11(2)8-14(7-10)13(4)6-12(3)9-15/h10-12,14-15H,4-9H2,1-3H3. The van der Waals surface area contributed by atoms with Gasteiger partial charge in [0.15, 0.2) is 0 Å². The molecular weight excluding hydrogens is 184 g/mol. The maximum atomic E-state index is 9.04. The Bertz CT molecular complexity index is 199. The van der Waals surface area contributed by atoms with Crippen molar-refractivity contribution in [1.29, 1.82) is 0 Å². The predicted molar refractivity (Wildman–Crippen MR) is 65.7 cm³/mol. The molecule has 0 aromatic carbocycles. The fraction of sp³-hybridized carbons (Fsp3) is 0.857. The van der Waals surface area contributed by atoms with E-state index in [-0.39, 0.29) is 6.61 Å². The summed E-state index contributed by atoms with van der Waals surface area (Å²) in [5, 5.41) is 9.04. The maximum Gasteiger partial charge on any atom is 0.0459 e. The van der Waals surface area contributed by atoms with Crippen molar-refractivity contribution in [3.05, 3.63) is 12.2 Å². The number of rotatable bonds is 4. The zero-order valence-corrected chi connectivity index (χ0v) is 10.5. The van der Waals surface area contributed by atoms with Crippen molar-refractivity contribution in [2.45, 2.75) is 46.5 Å². The molecule has 15 heavy (non-hydrogen) atoms. The minimum atomic E-state index is 0.289. The summed E-state index contributed by atoms with van der Waals surface area (Å²) in [6.07, 6.45) is 4.99. The highest BCUT2D eigenvalue weighted by Crippen LogP contribution is 2.37. The van der Waals surface area contributed by atoms with Gasteiger partial charge in [0.25, 0.3) is 0 Å². The van der Waals surface area contributed by atoms with E-state index in [1.165, 1.54) is 24.8 Å². The first-order valence-electron chi connectivity index (χ1n) is 6.31. The Balaban J connectivity index is 2.44. The van der Waals surface area contributed by atoms with Crippen LogP contribution in [0, 0.1) is 23.7 Å². The number of aliphatic hydroxyl groups is 1. The lowest BCUT2D eigenvalue weighted by Gasteiger charge is -2.33. The second-order valence-corrected chi connectivity index (χ2v) is 5.76. The van der Waals surface area contributed by atoms with Crippen molar-refractivity contribution in [3.8, 4) is 0 Å². The minimum absolute atomic E-state index is 0.289. The van der Waals surface area contributed by atoms with Gasteiger partial charge in [-0.1, -0.05) is 32.9 Å². The maximum absolute atomic E-state index is 9.04. The first kappa shape index (κ1) is 12.8. The molecule has 3 unspecified atom stereocenters. The van der Waals surface area contributed by atoms with Crippen LogP contribution in [0.5, 0.6) is 0 Å². The highest BCUT2D eigenvalue weighted by atomic mass is 16.3. The largest absolute Gasteiger partial charge is 0.396 e. The Morgan fingerprint density at radius 3 is 2.27 bits per heavy atom. The molecule has 1 nitrogen and oxygen atoms in total. The topological polar surface area (TPSA) is 20.2 Å². The molecule has 3 atom stereocenters. The van der Waals surface area contributed by atoms with E-state index in [0.29, 0.717) is 11.8 Å². The van der Waals surface area contributed by atoms with Gasteiger partial charge in [-0.3, -0.25) is 0 Å². The molecule has 1 rings (SSSR count). The van der Waals surface area contributed by atoms with Crippen molar-refractivity contribution < 1.29 is 5.11 Å². The van der Waals surface area contributed by atoms with E-state index < -0.39 is 0 Å². The molecule has 0 heterocycles. The third-order valence-corrected chi connectivity index (χ3v) is 3.68. The van der Waals surface area contributed by atoms with E-state index in [1.807, 2.05) is 0 Å². The summed E-state index contributed by atoms with van der Waals surface area (Å²) in [5.74, 6) is 2.78. The van der Waals surface area contributed by atoms with E-state index in [4.69, 9.17) is 5.11 Å². The average molecular weight is 210 g/mol. The molecule has 1 aliphatic rings. The summed E-state index contributed by atoms with van der Waals surface area (Å²) < 4.78 is 0. The van der Waals surface area contributed by atoms with Crippen LogP contribution >= 0.6 is 0 Å². The smallest absolute Gasteiger partial charge is 0.0459 e. The lowest BCUT2D eigenvalue weighted by atomic mass is 9.73. The van der Waals surface area contributed by atoms with E-state index in [0.717, 1.165) is 18.3 Å². The van der Waals surface area contributed by atoms with Gasteiger partial charge in [-0.25, -0.2) is 0 Å². The Labute approximate surface area is 94.6 Å². The van der Waals surface area contributed by atoms with Crippen LogP contribution in [0.15, 0.2) is 12.2 Å². The van der Waals surface area contributed by atoms with Crippen LogP contribution in [-0.2, 0) is 0 Å². The Hall–Kier alpha value is -0.300. The van der Waals surface area contributed by atoms with Gasteiger partial charge in [-0.2, -0.15) is 0 Å². The van der Waals surface area contributed by atoms with Crippen LogP contribution in [0.1, 0.15) is 46.5 Å². The molecule has 0 aliphatic heterocycles. The molecule has 1 N–H and O–H groups in total. The van der Waals surface area contributed by atoms with Gasteiger partial charge in [0, 0.05) is 6.61 Å². The summed E-state index contributed by atoms with van der Waals surface area (Å²) in [4.78, 5) is 0. The van der Waals surface area contributed by atoms with E-state index in [9.17, 15) is 0 Å². The monoisotopic (exact) mass is 210 g/mol. The Morgan fingerprint density at radius 2 is 1.80 bits per heavy atom. The Morgan fingerprint density at radius 1 is 1.27 bits per heavy atom. The van der Waals surface area contributed by atoms with Gasteiger partial charge in [0.2, 0.25) is 0 Å². The first-order valence-corrected chi connectivity index (χ1v) is 6.31. The summed E-state index contributed by atoms with van der Waals surface area (Å²) in [6.45, 7) is 11.3. The van der Waals surface area contributed by atoms with Gasteiger partial charge in [0.1, 0.15) is 0 Å². The van der Waals surface area contributed by atoms with Crippen LogP contribution in [0.3, 0.4) is 0 Å². The fourth-order valence-electron chi connectivity index (χ4n) is 2.96. The molecule has 1 fully saturated rings. The van der Waals surface area contributed by atoms with E-state index >= 15 is 0 Å². The second-order valence-electron chi connectivity index (χ2n) is 5.76. The highest BCUT2D eigenvalue weighted by Gasteiger charge is 2.25. The molecule has 88 valence electrons. The molecule has 1 heteroatoms. The van der Waals surface area contributed by atoms with E-state index in [1.54, 1.807) is 0 Å². The van der Waals surface area contributed by atoms with Gasteiger partial charge in [-0.15, -0.1) is 0 Å². The molecule has 1 aliphatic carbocycles. The zero-order chi connectivity index (χ0) is 11.4. The zero-order valence-electron chi connectivity index (χ0n) is 10.5. The number of aliphatic hydroxyl groups excluding tert-OH is 1. The molecule has 0 saturated heterocycles. The van der Waals surface area contributed by atoms with Gasteiger partial charge >= 0.3 is 0 Å². The van der Waals surface area contributed by atoms with Crippen molar-refractivity contribution >= 4 is 0 Å². The van der Waals surface area contributed by atoms with Crippen LogP contribution in [0.25, 0.3) is 0 Å². The lowest BCUT2D eigenvalue weighted by molar-refractivity contribution is 0.216. The molecule has 0 amide bonds. The van der Waals surface area contributed by atoms with Crippen LogP contribution < -0.4 is 0 Å². The average Bonchev–Trinajstić information content (AvgIpc) is 2.16. The summed E-state index contributed by atoms with van der Waals surface area (Å²) >= 11 is 0. The number of allylic oxidation sites excluding steroid dienone is 1. The lowest BCUT2D eigenvalue weighted by Crippen LogP contribution is -2.21. The summed E-state index contributed by atoms with van der Waals surface area (Å²) in [7, 11) is 0. The quantitative estimate of drug-likeness (QED) is 0.702. The van der Waals surface area contributed by atoms with Crippen molar-refractivity contribution in [1.82, 2.24) is 0 Å². The van der Waals surface area contributed by atoms with Crippen molar-refractivity contribution in [2.75, 3.05) is 6.61 Å². The van der Waals surface area contributed by atoms with Crippen LogP contribution in [0.2, 0.25) is 0 Å². The third kappa shape index (κ3) is 3.98. The fourth-order valence-corrected chi connectivity index (χ4v) is 2.96. The molecule has 0 spiro atoms. The van der Waals surface area contributed by atoms with Gasteiger partial charge in [-0.05, 0) is 49.4 Å². The van der Waals surface area contributed by atoms with Gasteiger partial charge < -0.3 is 5.11 Å². The summed E-state index contributed by atoms with van der Waals surface area (Å²) in [5.41, 5.74) is 1.37. The van der Waals surface area contributed by atoms with Crippen LogP contribution in [0.4, 0.5) is 0 Å². The molecule has 0 bridgehead atoms. The second kappa shape index (κ2) is 5.69. The number of hydrogen-bond acceptors (Lipinski definition) is 1. The summed E-state index contributed by atoms with van der Waals surface area (Å²) in [6, 6.07) is 0. The van der Waals surface area contributed by atoms with E-state index in [2.05, 4.69) is 27.4 Å². The minimum Gasteiger partial charge on any atom is -0.396 e. The third-order valence-electron chi connectivity index (χ3n) is 3.68. The van der Waals surface area contributed by atoms with Crippen molar-refractivity contribution in [3.63, 3.8) is 0 Å². The van der Waals surface area contributed by atoms with Crippen LogP contribution in [-0.4, -0.2) is 11.7 Å². The van der Waals surface area contributed by atoms with Gasteiger partial charge in [0.05, 0.1) is 0 Å². The molecule has 0 aromatic rings. The predicted octanol–water partition coefficient (Wildman–Crippen LogP) is 3.63. The normalized spacial score (nSPS) is 33.7. The molecule has 0 radical (unpaired) electrons. The van der Waals surface area contributed by atoms with Crippen molar-refractivity contribution in [2.24, 2.45) is 23.7 Å². The SMILES string of the molecule is C=C(CC(C)CO)C1CC(C)CC(C)C1. The first-order chi connectivity index (χ1) is 7.02. The Kier molecular flexibility index (Phi) is 4.85.